The Kier molecular flexibility index (Phi) is 6.32. The van der Waals surface area contributed by atoms with E-state index in [1.807, 2.05) is 0 Å². The fraction of sp³-hybridized carbons (Fsp3) is 0.842. The zero-order valence-corrected chi connectivity index (χ0v) is 13.6. The van der Waals surface area contributed by atoms with Gasteiger partial charge in [-0.05, 0) is 62.2 Å². The van der Waals surface area contributed by atoms with Crippen molar-refractivity contribution in [2.45, 2.75) is 71.1 Å². The van der Waals surface area contributed by atoms with Crippen LogP contribution in [0.15, 0.2) is 12.7 Å². The van der Waals surface area contributed by atoms with Gasteiger partial charge in [0.25, 0.3) is 0 Å². The van der Waals surface area contributed by atoms with Crippen LogP contribution in [-0.2, 0) is 4.79 Å². The molecule has 2 aliphatic carbocycles. The molecule has 1 unspecified atom stereocenters. The SMILES string of the molecule is C=CC(C(=O)O)[C@H]1CC[C@H]([C@H]2CC[C@H](CCC)CC2)CC1. The molecule has 2 aliphatic rings. The third-order valence-electron chi connectivity index (χ3n) is 6.12. The number of hydrogen-bond acceptors (Lipinski definition) is 1. The van der Waals surface area contributed by atoms with Gasteiger partial charge in [-0.2, -0.15) is 0 Å². The summed E-state index contributed by atoms with van der Waals surface area (Å²) in [6.45, 7) is 6.01. The zero-order valence-electron chi connectivity index (χ0n) is 13.6. The van der Waals surface area contributed by atoms with Crippen LogP contribution in [0.4, 0.5) is 0 Å². The normalized spacial score (nSPS) is 35.1. The van der Waals surface area contributed by atoms with Crippen molar-refractivity contribution in [1.29, 1.82) is 0 Å². The Morgan fingerprint density at radius 2 is 1.62 bits per heavy atom. The first-order chi connectivity index (χ1) is 10.2. The van der Waals surface area contributed by atoms with Crippen molar-refractivity contribution < 1.29 is 9.90 Å². The van der Waals surface area contributed by atoms with E-state index in [1.54, 1.807) is 6.08 Å². The third kappa shape index (κ3) is 4.34. The van der Waals surface area contributed by atoms with Gasteiger partial charge in [0.1, 0.15) is 0 Å². The fourth-order valence-corrected chi connectivity index (χ4v) is 4.83. The molecule has 0 aromatic heterocycles. The molecule has 1 N–H and O–H groups in total. The maximum atomic E-state index is 11.2. The summed E-state index contributed by atoms with van der Waals surface area (Å²) in [5, 5.41) is 9.25. The summed E-state index contributed by atoms with van der Waals surface area (Å²) in [7, 11) is 0. The van der Waals surface area contributed by atoms with Crippen molar-refractivity contribution in [3.8, 4) is 0 Å². The molecule has 0 amide bonds. The Hall–Kier alpha value is -0.790. The predicted octanol–water partition coefficient (Wildman–Crippen LogP) is 5.29. The van der Waals surface area contributed by atoms with Gasteiger partial charge >= 0.3 is 5.97 Å². The molecule has 0 saturated heterocycles. The molecule has 2 heteroatoms. The van der Waals surface area contributed by atoms with E-state index in [4.69, 9.17) is 0 Å². The minimum Gasteiger partial charge on any atom is -0.481 e. The van der Waals surface area contributed by atoms with Gasteiger partial charge in [-0.25, -0.2) is 0 Å². The molecule has 2 nitrogen and oxygen atoms in total. The molecule has 0 spiro atoms. The second kappa shape index (κ2) is 8.00. The quantitative estimate of drug-likeness (QED) is 0.676. The van der Waals surface area contributed by atoms with Gasteiger partial charge in [-0.15, -0.1) is 6.58 Å². The first-order valence-electron chi connectivity index (χ1n) is 9.01. The molecule has 0 bridgehead atoms. The van der Waals surface area contributed by atoms with Crippen LogP contribution in [0.2, 0.25) is 0 Å². The van der Waals surface area contributed by atoms with Crippen LogP contribution in [0.1, 0.15) is 71.1 Å². The Labute approximate surface area is 130 Å². The van der Waals surface area contributed by atoms with Gasteiger partial charge in [0.2, 0.25) is 0 Å². The highest BCUT2D eigenvalue weighted by molar-refractivity contribution is 5.72. The second-order valence-corrected chi connectivity index (χ2v) is 7.34. The van der Waals surface area contributed by atoms with E-state index in [-0.39, 0.29) is 5.92 Å². The first kappa shape index (κ1) is 16.6. The van der Waals surface area contributed by atoms with Gasteiger partial charge in [0, 0.05) is 0 Å². The molecular weight excluding hydrogens is 260 g/mol. The van der Waals surface area contributed by atoms with Crippen LogP contribution < -0.4 is 0 Å². The van der Waals surface area contributed by atoms with E-state index in [1.165, 1.54) is 51.4 Å². The van der Waals surface area contributed by atoms with Gasteiger partial charge in [-0.1, -0.05) is 38.7 Å². The van der Waals surface area contributed by atoms with E-state index in [0.29, 0.717) is 5.92 Å². The number of carboxylic acids is 1. The average Bonchev–Trinajstić information content (AvgIpc) is 2.49. The topological polar surface area (TPSA) is 37.3 Å². The second-order valence-electron chi connectivity index (χ2n) is 7.34. The van der Waals surface area contributed by atoms with Crippen LogP contribution in [0, 0.1) is 29.6 Å². The lowest BCUT2D eigenvalue weighted by Gasteiger charge is -2.38. The predicted molar refractivity (Wildman–Crippen MR) is 87.1 cm³/mol. The highest BCUT2D eigenvalue weighted by Gasteiger charge is 2.34. The van der Waals surface area contributed by atoms with E-state index in [0.717, 1.165) is 30.6 Å². The average molecular weight is 292 g/mol. The number of carboxylic acid groups (broad SMARTS) is 1. The van der Waals surface area contributed by atoms with Gasteiger partial charge in [-0.3, -0.25) is 4.79 Å². The third-order valence-corrected chi connectivity index (χ3v) is 6.12. The maximum Gasteiger partial charge on any atom is 0.310 e. The molecule has 2 saturated carbocycles. The molecule has 0 aromatic carbocycles. The summed E-state index contributed by atoms with van der Waals surface area (Å²) in [5.41, 5.74) is 0. The summed E-state index contributed by atoms with van der Waals surface area (Å²) in [6, 6.07) is 0. The molecule has 2 fully saturated rings. The summed E-state index contributed by atoms with van der Waals surface area (Å²) >= 11 is 0. The van der Waals surface area contributed by atoms with Crippen molar-refractivity contribution in [3.05, 3.63) is 12.7 Å². The van der Waals surface area contributed by atoms with Crippen molar-refractivity contribution in [3.63, 3.8) is 0 Å². The van der Waals surface area contributed by atoms with Gasteiger partial charge in [0.05, 0.1) is 5.92 Å². The van der Waals surface area contributed by atoms with Crippen LogP contribution in [0.5, 0.6) is 0 Å². The smallest absolute Gasteiger partial charge is 0.310 e. The standard InChI is InChI=1S/C19H32O2/c1-3-5-14-6-8-15(9-7-14)16-10-12-17(13-11-16)18(4-2)19(20)21/h4,14-18H,2-3,5-13H2,1H3,(H,20,21)/t14-,15-,16-,17-,18?. The van der Waals surface area contributed by atoms with Gasteiger partial charge < -0.3 is 5.11 Å². The van der Waals surface area contributed by atoms with Crippen LogP contribution >= 0.6 is 0 Å². The Morgan fingerprint density at radius 3 is 2.05 bits per heavy atom. The molecule has 2 rings (SSSR count). The van der Waals surface area contributed by atoms with Crippen LogP contribution in [0.3, 0.4) is 0 Å². The Bertz CT molecular complexity index is 333. The molecule has 0 radical (unpaired) electrons. The molecule has 0 aliphatic heterocycles. The maximum absolute atomic E-state index is 11.2. The molecule has 120 valence electrons. The largest absolute Gasteiger partial charge is 0.481 e. The summed E-state index contributed by atoms with van der Waals surface area (Å²) in [5.74, 6) is 2.08. The number of rotatable bonds is 6. The number of carbonyl (C=O) groups is 1. The van der Waals surface area contributed by atoms with Crippen LogP contribution in [-0.4, -0.2) is 11.1 Å². The lowest BCUT2D eigenvalue weighted by molar-refractivity contribution is -0.142. The fourth-order valence-electron chi connectivity index (χ4n) is 4.83. The Balaban J connectivity index is 1.77. The lowest BCUT2D eigenvalue weighted by atomic mass is 9.67. The van der Waals surface area contributed by atoms with E-state index < -0.39 is 5.97 Å². The highest BCUT2D eigenvalue weighted by Crippen LogP contribution is 2.43. The minimum atomic E-state index is -0.687. The van der Waals surface area contributed by atoms with Gasteiger partial charge in [0.15, 0.2) is 0 Å². The summed E-state index contributed by atoms with van der Waals surface area (Å²) < 4.78 is 0. The highest BCUT2D eigenvalue weighted by atomic mass is 16.4. The first-order valence-corrected chi connectivity index (χ1v) is 9.01. The summed E-state index contributed by atoms with van der Waals surface area (Å²) in [6.07, 6.45) is 14.8. The number of aliphatic carboxylic acids is 1. The molecule has 0 heterocycles. The van der Waals surface area contributed by atoms with Crippen LogP contribution in [0.25, 0.3) is 0 Å². The van der Waals surface area contributed by atoms with Crippen molar-refractivity contribution in [2.75, 3.05) is 0 Å². The Morgan fingerprint density at radius 1 is 1.10 bits per heavy atom. The molecular formula is C19H32O2. The van der Waals surface area contributed by atoms with Crippen molar-refractivity contribution in [2.24, 2.45) is 29.6 Å². The molecule has 0 aromatic rings. The number of hydrogen-bond donors (Lipinski definition) is 1. The lowest BCUT2D eigenvalue weighted by Crippen LogP contribution is -2.30. The molecule has 1 atom stereocenters. The van der Waals surface area contributed by atoms with Crippen molar-refractivity contribution in [1.82, 2.24) is 0 Å². The van der Waals surface area contributed by atoms with E-state index in [9.17, 15) is 9.90 Å². The minimum absolute atomic E-state index is 0.327. The van der Waals surface area contributed by atoms with Crippen molar-refractivity contribution >= 4 is 5.97 Å². The van der Waals surface area contributed by atoms with E-state index in [2.05, 4.69) is 13.5 Å². The summed E-state index contributed by atoms with van der Waals surface area (Å²) in [4.78, 5) is 11.2. The zero-order chi connectivity index (χ0) is 15.2. The van der Waals surface area contributed by atoms with E-state index >= 15 is 0 Å². The monoisotopic (exact) mass is 292 g/mol. The molecule has 21 heavy (non-hydrogen) atoms.